The monoisotopic (exact) mass is 1080 g/mol. The molecule has 0 bridgehead atoms. The molecule has 0 aliphatic carbocycles. The lowest BCUT2D eigenvalue weighted by atomic mass is 10.0. The molecule has 0 aromatic heterocycles. The number of unbranched alkanes of at least 4 members (excludes halogenated alkanes) is 47. The van der Waals surface area contributed by atoms with Gasteiger partial charge in [0.1, 0.15) is 13.2 Å². The third kappa shape index (κ3) is 64.3. The molecule has 0 aliphatic rings. The first-order valence-corrected chi connectivity index (χ1v) is 34.5. The van der Waals surface area contributed by atoms with E-state index in [4.69, 9.17) is 14.2 Å². The van der Waals surface area contributed by atoms with Gasteiger partial charge in [-0.15, -0.1) is 0 Å². The van der Waals surface area contributed by atoms with E-state index in [1.165, 1.54) is 263 Å². The highest BCUT2D eigenvalue weighted by Gasteiger charge is 2.19. The van der Waals surface area contributed by atoms with Crippen LogP contribution < -0.4 is 0 Å². The van der Waals surface area contributed by atoms with Gasteiger partial charge in [-0.25, -0.2) is 0 Å². The van der Waals surface area contributed by atoms with Crippen LogP contribution in [0.4, 0.5) is 0 Å². The van der Waals surface area contributed by atoms with Gasteiger partial charge < -0.3 is 14.2 Å². The Morgan fingerprint density at radius 2 is 0.468 bits per heavy atom. The number of ether oxygens (including phenoxy) is 3. The van der Waals surface area contributed by atoms with Gasteiger partial charge in [-0.3, -0.25) is 14.4 Å². The molecule has 0 fully saturated rings. The first-order chi connectivity index (χ1) is 38.0. The van der Waals surface area contributed by atoms with Gasteiger partial charge in [-0.1, -0.05) is 340 Å². The summed E-state index contributed by atoms with van der Waals surface area (Å²) in [6, 6.07) is 0. The van der Waals surface area contributed by atoms with Gasteiger partial charge in [-0.2, -0.15) is 0 Å². The molecule has 77 heavy (non-hydrogen) atoms. The molecule has 0 radical (unpaired) electrons. The van der Waals surface area contributed by atoms with Crippen LogP contribution in [0.1, 0.15) is 380 Å². The Hall–Kier alpha value is -2.37. The van der Waals surface area contributed by atoms with Crippen LogP contribution in [-0.4, -0.2) is 37.2 Å². The number of hydrogen-bond donors (Lipinski definition) is 0. The van der Waals surface area contributed by atoms with E-state index in [0.29, 0.717) is 19.3 Å². The summed E-state index contributed by atoms with van der Waals surface area (Å²) in [4.78, 5) is 38.4. The van der Waals surface area contributed by atoms with Gasteiger partial charge in [0.15, 0.2) is 6.10 Å². The van der Waals surface area contributed by atoms with Gasteiger partial charge in [-0.05, 0) is 57.8 Å². The summed E-state index contributed by atoms with van der Waals surface area (Å²) in [5.41, 5.74) is 0. The largest absolute Gasteiger partial charge is 0.462 e. The molecule has 0 aromatic carbocycles. The predicted molar refractivity (Wildman–Crippen MR) is 335 cm³/mol. The highest BCUT2D eigenvalue weighted by molar-refractivity contribution is 5.71. The minimum absolute atomic E-state index is 0.0718. The standard InChI is InChI=1S/C71H132O6/c1-4-7-10-13-16-19-22-25-28-31-33-34-35-36-38-40-43-46-49-52-55-58-61-64-70(73)76-67-68(66-75-69(72)63-60-57-54-51-48-45-42-39-30-27-24-21-18-15-12-9-6-3)77-71(74)65-62-59-56-53-50-47-44-41-37-32-29-26-23-20-17-14-11-8-5-2/h17,20,26,29,37,41,68H,4-16,18-19,21-25,27-28,30-36,38-40,42-67H2,1-3H3/b20-17-,29-26-,41-37-. The predicted octanol–water partition coefficient (Wildman–Crippen LogP) is 23.6. The van der Waals surface area contributed by atoms with E-state index < -0.39 is 6.10 Å². The van der Waals surface area contributed by atoms with Gasteiger partial charge >= 0.3 is 17.9 Å². The quantitative estimate of drug-likeness (QED) is 0.0261. The summed E-state index contributed by atoms with van der Waals surface area (Å²) in [7, 11) is 0. The molecule has 0 spiro atoms. The smallest absolute Gasteiger partial charge is 0.306 e. The highest BCUT2D eigenvalue weighted by Crippen LogP contribution is 2.18. The molecule has 1 atom stereocenters. The minimum atomic E-state index is -0.777. The molecule has 0 saturated heterocycles. The second-order valence-corrected chi connectivity index (χ2v) is 23.5. The normalized spacial score (nSPS) is 12.2. The van der Waals surface area contributed by atoms with Crippen LogP contribution in [-0.2, 0) is 28.6 Å². The molecule has 1 unspecified atom stereocenters. The molecular formula is C71H132O6. The van der Waals surface area contributed by atoms with E-state index >= 15 is 0 Å². The van der Waals surface area contributed by atoms with E-state index in [1.807, 2.05) is 0 Å². The van der Waals surface area contributed by atoms with E-state index in [9.17, 15) is 14.4 Å². The molecule has 0 saturated carbocycles. The molecule has 0 aliphatic heterocycles. The third-order valence-corrected chi connectivity index (χ3v) is 15.6. The van der Waals surface area contributed by atoms with Crippen molar-refractivity contribution in [1.82, 2.24) is 0 Å². The van der Waals surface area contributed by atoms with E-state index in [-0.39, 0.29) is 31.1 Å². The topological polar surface area (TPSA) is 78.9 Å². The van der Waals surface area contributed by atoms with E-state index in [2.05, 4.69) is 57.2 Å². The fourth-order valence-corrected chi connectivity index (χ4v) is 10.5. The molecule has 6 heteroatoms. The molecule has 452 valence electrons. The first kappa shape index (κ1) is 74.6. The van der Waals surface area contributed by atoms with Crippen molar-refractivity contribution < 1.29 is 28.6 Å². The van der Waals surface area contributed by atoms with Crippen LogP contribution in [0.15, 0.2) is 36.5 Å². The highest BCUT2D eigenvalue weighted by atomic mass is 16.6. The van der Waals surface area contributed by atoms with Crippen molar-refractivity contribution in [2.75, 3.05) is 13.2 Å². The maximum Gasteiger partial charge on any atom is 0.306 e. The Kier molecular flexibility index (Phi) is 64.1. The van der Waals surface area contributed by atoms with Gasteiger partial charge in [0.2, 0.25) is 0 Å². The first-order valence-electron chi connectivity index (χ1n) is 34.5. The van der Waals surface area contributed by atoms with Crippen molar-refractivity contribution in [3.63, 3.8) is 0 Å². The van der Waals surface area contributed by atoms with Crippen molar-refractivity contribution in [3.8, 4) is 0 Å². The summed E-state index contributed by atoms with van der Waals surface area (Å²) in [6.07, 6.45) is 81.6. The maximum atomic E-state index is 12.9. The van der Waals surface area contributed by atoms with E-state index in [0.717, 1.165) is 77.0 Å². The zero-order valence-electron chi connectivity index (χ0n) is 52.0. The summed E-state index contributed by atoms with van der Waals surface area (Å²) in [6.45, 7) is 6.68. The molecule has 6 nitrogen and oxygen atoms in total. The average molecular weight is 1080 g/mol. The van der Waals surface area contributed by atoms with Crippen molar-refractivity contribution in [2.24, 2.45) is 0 Å². The van der Waals surface area contributed by atoms with Crippen LogP contribution in [0.5, 0.6) is 0 Å². The van der Waals surface area contributed by atoms with Crippen LogP contribution >= 0.6 is 0 Å². The van der Waals surface area contributed by atoms with Gasteiger partial charge in [0.05, 0.1) is 0 Å². The van der Waals surface area contributed by atoms with Crippen LogP contribution in [0.2, 0.25) is 0 Å². The number of rotatable bonds is 64. The Labute approximate surface area is 480 Å². The van der Waals surface area contributed by atoms with Crippen LogP contribution in [0.25, 0.3) is 0 Å². The lowest BCUT2D eigenvalue weighted by molar-refractivity contribution is -0.167. The SMILES string of the molecule is CCCCC/C=C\C/C=C\C/C=C\CCCCCCCCC(=O)OC(COC(=O)CCCCCCCCCCCCCCCCCCC)COC(=O)CCCCCCCCCCCCCCCCCCCCCCCCC. The van der Waals surface area contributed by atoms with Crippen molar-refractivity contribution in [1.29, 1.82) is 0 Å². The van der Waals surface area contributed by atoms with Gasteiger partial charge in [0, 0.05) is 19.3 Å². The molecule has 0 amide bonds. The summed E-state index contributed by atoms with van der Waals surface area (Å²) in [5.74, 6) is -0.854. The summed E-state index contributed by atoms with van der Waals surface area (Å²) >= 11 is 0. The molecule has 0 heterocycles. The molecule has 0 N–H and O–H groups in total. The Bertz CT molecular complexity index is 1290. The van der Waals surface area contributed by atoms with Crippen molar-refractivity contribution in [3.05, 3.63) is 36.5 Å². The van der Waals surface area contributed by atoms with E-state index in [1.54, 1.807) is 0 Å². The molecule has 0 rings (SSSR count). The van der Waals surface area contributed by atoms with Crippen molar-refractivity contribution in [2.45, 2.75) is 386 Å². The second-order valence-electron chi connectivity index (χ2n) is 23.5. The molecular weight excluding hydrogens is 949 g/mol. The van der Waals surface area contributed by atoms with Crippen LogP contribution in [0, 0.1) is 0 Å². The van der Waals surface area contributed by atoms with Gasteiger partial charge in [0.25, 0.3) is 0 Å². The molecule has 0 aromatic rings. The summed E-state index contributed by atoms with van der Waals surface area (Å²) < 4.78 is 17.0. The lowest BCUT2D eigenvalue weighted by Gasteiger charge is -2.18. The zero-order valence-corrected chi connectivity index (χ0v) is 52.0. The van der Waals surface area contributed by atoms with Crippen molar-refractivity contribution >= 4 is 17.9 Å². The number of carbonyl (C=O) groups excluding carboxylic acids is 3. The summed E-state index contributed by atoms with van der Waals surface area (Å²) in [5, 5.41) is 0. The maximum absolute atomic E-state index is 12.9. The Balaban J connectivity index is 4.31. The second kappa shape index (κ2) is 66.1. The number of hydrogen-bond acceptors (Lipinski definition) is 6. The lowest BCUT2D eigenvalue weighted by Crippen LogP contribution is -2.30. The number of allylic oxidation sites excluding steroid dienone is 6. The Morgan fingerprint density at radius 1 is 0.260 bits per heavy atom. The third-order valence-electron chi connectivity index (χ3n) is 15.6. The fraction of sp³-hybridized carbons (Fsp3) is 0.873. The van der Waals surface area contributed by atoms with Crippen LogP contribution in [0.3, 0.4) is 0 Å². The average Bonchev–Trinajstić information content (AvgIpc) is 3.43. The zero-order chi connectivity index (χ0) is 55.7. The fourth-order valence-electron chi connectivity index (χ4n) is 10.5. The Morgan fingerprint density at radius 3 is 0.753 bits per heavy atom. The number of carbonyl (C=O) groups is 3. The number of esters is 3. The minimum Gasteiger partial charge on any atom is -0.462 e.